The Morgan fingerprint density at radius 3 is 2.64 bits per heavy atom. The molecule has 22 heavy (non-hydrogen) atoms. The molecule has 0 aromatic heterocycles. The van der Waals surface area contributed by atoms with Gasteiger partial charge < -0.3 is 10.2 Å². The first-order valence-corrected chi connectivity index (χ1v) is 8.21. The maximum absolute atomic E-state index is 12.5. The summed E-state index contributed by atoms with van der Waals surface area (Å²) in [5.41, 5.74) is 0.00592. The molecule has 1 N–H and O–H groups in total. The molecule has 1 unspecified atom stereocenters. The van der Waals surface area contributed by atoms with Gasteiger partial charge in [0, 0.05) is 22.6 Å². The van der Waals surface area contributed by atoms with Gasteiger partial charge in [-0.3, -0.25) is 9.59 Å². The smallest absolute Gasteiger partial charge is 0.245 e. The number of hydrogen-bond acceptors (Lipinski definition) is 2. The minimum Gasteiger partial charge on any atom is -0.351 e. The Morgan fingerprint density at radius 2 is 2.09 bits per heavy atom. The van der Waals surface area contributed by atoms with Crippen molar-refractivity contribution in [1.29, 1.82) is 0 Å². The first-order chi connectivity index (χ1) is 10.4. The summed E-state index contributed by atoms with van der Waals surface area (Å²) in [6, 6.07) is 5.39. The van der Waals surface area contributed by atoms with Gasteiger partial charge in [-0.25, -0.2) is 0 Å². The molecule has 6 heteroatoms. The summed E-state index contributed by atoms with van der Waals surface area (Å²) in [7, 11) is 0. The van der Waals surface area contributed by atoms with Crippen molar-refractivity contribution in [3.63, 3.8) is 0 Å². The summed E-state index contributed by atoms with van der Waals surface area (Å²) in [6.07, 6.45) is 2.96. The van der Waals surface area contributed by atoms with E-state index >= 15 is 0 Å². The average molecular weight is 341 g/mol. The van der Waals surface area contributed by atoms with Crippen LogP contribution in [-0.2, 0) is 16.0 Å². The van der Waals surface area contributed by atoms with E-state index in [1.807, 2.05) is 6.92 Å². The van der Waals surface area contributed by atoms with Crippen LogP contribution in [0.25, 0.3) is 0 Å². The molecule has 1 aliphatic carbocycles. The Balaban J connectivity index is 1.67. The molecule has 0 bridgehead atoms. The molecule has 1 aromatic carbocycles. The van der Waals surface area contributed by atoms with E-state index in [2.05, 4.69) is 5.32 Å². The number of nitrogens with zero attached hydrogens (tertiary/aromatic N) is 1. The lowest BCUT2D eigenvalue weighted by Crippen LogP contribution is -2.67. The molecule has 2 fully saturated rings. The molecule has 1 heterocycles. The van der Waals surface area contributed by atoms with Crippen LogP contribution in [0.1, 0.15) is 31.7 Å². The molecule has 0 spiro atoms. The van der Waals surface area contributed by atoms with Crippen molar-refractivity contribution in [2.75, 3.05) is 6.54 Å². The van der Waals surface area contributed by atoms with Gasteiger partial charge in [0.2, 0.25) is 11.8 Å². The first kappa shape index (κ1) is 15.6. The van der Waals surface area contributed by atoms with Gasteiger partial charge >= 0.3 is 0 Å². The molecule has 0 radical (unpaired) electrons. The molecule has 2 aliphatic rings. The van der Waals surface area contributed by atoms with Crippen molar-refractivity contribution in [3.8, 4) is 0 Å². The second-order valence-corrected chi connectivity index (χ2v) is 7.07. The third-order valence-corrected chi connectivity index (χ3v) is 5.06. The van der Waals surface area contributed by atoms with E-state index in [9.17, 15) is 9.59 Å². The van der Waals surface area contributed by atoms with Crippen LogP contribution in [0.4, 0.5) is 0 Å². The lowest BCUT2D eigenvalue weighted by atomic mass is 9.85. The zero-order valence-corrected chi connectivity index (χ0v) is 13.9. The van der Waals surface area contributed by atoms with Crippen molar-refractivity contribution in [3.05, 3.63) is 33.8 Å². The zero-order valence-electron chi connectivity index (χ0n) is 12.4. The van der Waals surface area contributed by atoms with Gasteiger partial charge in [-0.15, -0.1) is 0 Å². The number of rotatable bonds is 4. The van der Waals surface area contributed by atoms with Crippen molar-refractivity contribution < 1.29 is 9.59 Å². The maximum atomic E-state index is 12.5. The van der Waals surface area contributed by atoms with E-state index in [-0.39, 0.29) is 18.2 Å². The summed E-state index contributed by atoms with van der Waals surface area (Å²) in [6.45, 7) is 2.44. The van der Waals surface area contributed by atoms with E-state index in [0.29, 0.717) is 29.1 Å². The SMILES string of the molecule is CC1(C(=O)NC2CC2)CCN1C(=O)Cc1ccc(Cl)cc1Cl. The van der Waals surface area contributed by atoms with Crippen molar-refractivity contribution >= 4 is 35.0 Å². The Hall–Kier alpha value is -1.26. The Labute approximate surface area is 139 Å². The van der Waals surface area contributed by atoms with Crippen LogP contribution in [0.15, 0.2) is 18.2 Å². The highest BCUT2D eigenvalue weighted by atomic mass is 35.5. The summed E-state index contributed by atoms with van der Waals surface area (Å²) in [5, 5.41) is 4.01. The number of carbonyl (C=O) groups excluding carboxylic acids is 2. The number of benzene rings is 1. The van der Waals surface area contributed by atoms with Crippen LogP contribution in [0.2, 0.25) is 10.0 Å². The van der Waals surface area contributed by atoms with Crippen molar-refractivity contribution in [2.24, 2.45) is 0 Å². The molecule has 1 saturated carbocycles. The second-order valence-electron chi connectivity index (χ2n) is 6.23. The highest BCUT2D eigenvalue weighted by Gasteiger charge is 2.50. The third-order valence-electron chi connectivity index (χ3n) is 4.48. The molecule has 1 atom stereocenters. The van der Waals surface area contributed by atoms with Gasteiger partial charge in [-0.1, -0.05) is 29.3 Å². The molecule has 4 nitrogen and oxygen atoms in total. The number of carbonyl (C=O) groups is 2. The van der Waals surface area contributed by atoms with Crippen LogP contribution in [0.3, 0.4) is 0 Å². The standard InChI is InChI=1S/C16H18Cl2N2O2/c1-16(15(22)19-12-4-5-12)6-7-20(16)14(21)8-10-2-3-11(17)9-13(10)18/h2-3,9,12H,4-8H2,1H3,(H,19,22). The molecular weight excluding hydrogens is 323 g/mol. The minimum absolute atomic E-state index is 0.0446. The molecular formula is C16H18Cl2N2O2. The summed E-state index contributed by atoms with van der Waals surface area (Å²) >= 11 is 12.0. The number of amides is 2. The highest BCUT2D eigenvalue weighted by Crippen LogP contribution is 2.33. The predicted molar refractivity (Wildman–Crippen MR) is 86.1 cm³/mol. The molecule has 118 valence electrons. The average Bonchev–Trinajstić information content (AvgIpc) is 3.23. The molecule has 3 rings (SSSR count). The molecule has 2 amide bonds. The van der Waals surface area contributed by atoms with E-state index < -0.39 is 5.54 Å². The fourth-order valence-electron chi connectivity index (χ4n) is 2.69. The third kappa shape index (κ3) is 2.95. The highest BCUT2D eigenvalue weighted by molar-refractivity contribution is 6.35. The normalized spacial score (nSPS) is 23.9. The van der Waals surface area contributed by atoms with E-state index in [1.54, 1.807) is 23.1 Å². The zero-order chi connectivity index (χ0) is 15.9. The van der Waals surface area contributed by atoms with Gasteiger partial charge in [-0.05, 0) is 43.9 Å². The van der Waals surface area contributed by atoms with Gasteiger partial charge in [0.1, 0.15) is 5.54 Å². The van der Waals surface area contributed by atoms with Crippen LogP contribution in [0, 0.1) is 0 Å². The Morgan fingerprint density at radius 1 is 1.36 bits per heavy atom. The second kappa shape index (κ2) is 5.74. The lowest BCUT2D eigenvalue weighted by molar-refractivity contribution is -0.157. The summed E-state index contributed by atoms with van der Waals surface area (Å²) < 4.78 is 0. The largest absolute Gasteiger partial charge is 0.351 e. The predicted octanol–water partition coefficient (Wildman–Crippen LogP) is 2.81. The summed E-state index contributed by atoms with van der Waals surface area (Å²) in [5.74, 6) is -0.124. The van der Waals surface area contributed by atoms with Gasteiger partial charge in [-0.2, -0.15) is 0 Å². The number of halogens is 2. The van der Waals surface area contributed by atoms with Crippen LogP contribution >= 0.6 is 23.2 Å². The van der Waals surface area contributed by atoms with Gasteiger partial charge in [0.25, 0.3) is 0 Å². The molecule has 1 aromatic rings. The Bertz CT molecular complexity index is 631. The molecule has 1 aliphatic heterocycles. The fourth-order valence-corrected chi connectivity index (χ4v) is 3.16. The first-order valence-electron chi connectivity index (χ1n) is 7.45. The number of likely N-dealkylation sites (tertiary alicyclic amines) is 1. The number of hydrogen-bond donors (Lipinski definition) is 1. The maximum Gasteiger partial charge on any atom is 0.245 e. The van der Waals surface area contributed by atoms with E-state index in [0.717, 1.165) is 18.4 Å². The van der Waals surface area contributed by atoms with Crippen molar-refractivity contribution in [1.82, 2.24) is 10.2 Å². The number of nitrogens with one attached hydrogen (secondary N) is 1. The van der Waals surface area contributed by atoms with Crippen molar-refractivity contribution in [2.45, 2.75) is 44.2 Å². The van der Waals surface area contributed by atoms with Crippen LogP contribution in [-0.4, -0.2) is 34.8 Å². The van der Waals surface area contributed by atoms with Crippen LogP contribution < -0.4 is 5.32 Å². The minimum atomic E-state index is -0.724. The molecule has 1 saturated heterocycles. The Kier molecular flexibility index (Phi) is 4.08. The lowest BCUT2D eigenvalue weighted by Gasteiger charge is -2.49. The van der Waals surface area contributed by atoms with Crippen LogP contribution in [0.5, 0.6) is 0 Å². The fraction of sp³-hybridized carbons (Fsp3) is 0.500. The van der Waals surface area contributed by atoms with Gasteiger partial charge in [0.15, 0.2) is 0 Å². The quantitative estimate of drug-likeness (QED) is 0.916. The van der Waals surface area contributed by atoms with Gasteiger partial charge in [0.05, 0.1) is 6.42 Å². The topological polar surface area (TPSA) is 49.4 Å². The summed E-state index contributed by atoms with van der Waals surface area (Å²) in [4.78, 5) is 26.5. The van der Waals surface area contributed by atoms with E-state index in [4.69, 9.17) is 23.2 Å². The monoisotopic (exact) mass is 340 g/mol. The van der Waals surface area contributed by atoms with E-state index in [1.165, 1.54) is 0 Å².